The topological polar surface area (TPSA) is 37.3 Å². The first-order valence-corrected chi connectivity index (χ1v) is 5.80. The molecular formula is C10H11ClO2S. The van der Waals surface area contributed by atoms with Gasteiger partial charge in [-0.15, -0.1) is 11.8 Å². The maximum atomic E-state index is 10.9. The molecule has 4 heteroatoms. The summed E-state index contributed by atoms with van der Waals surface area (Å²) in [5, 5.41) is 9.27. The summed E-state index contributed by atoms with van der Waals surface area (Å²) in [6.07, 6.45) is 2.65. The molecule has 1 aromatic carbocycles. The molecule has 1 rings (SSSR count). The number of thioether (sulfide) groups is 1. The molecule has 0 saturated heterocycles. The molecule has 1 aromatic rings. The number of rotatable bonds is 3. The molecule has 76 valence electrons. The molecule has 0 aromatic heterocycles. The molecule has 0 saturated carbocycles. The van der Waals surface area contributed by atoms with E-state index >= 15 is 0 Å². The van der Waals surface area contributed by atoms with Gasteiger partial charge >= 0.3 is 5.97 Å². The first-order valence-electron chi connectivity index (χ1n) is 4.19. The zero-order valence-electron chi connectivity index (χ0n) is 8.00. The fraction of sp³-hybridized carbons (Fsp3) is 0.300. The molecule has 0 aliphatic heterocycles. The zero-order valence-corrected chi connectivity index (χ0v) is 9.58. The molecule has 0 radical (unpaired) electrons. The van der Waals surface area contributed by atoms with Crippen molar-refractivity contribution in [1.82, 2.24) is 0 Å². The fourth-order valence-corrected chi connectivity index (χ4v) is 2.01. The van der Waals surface area contributed by atoms with E-state index in [1.54, 1.807) is 6.07 Å². The standard InChI is InChI=1S/C10H11ClO2S/c1-3-6-4-7(14-2)5-8(9(6)11)10(12)13/h4-5H,3H2,1-2H3,(H,12,13). The van der Waals surface area contributed by atoms with E-state index in [9.17, 15) is 4.79 Å². The molecule has 1 N–H and O–H groups in total. The second-order valence-electron chi connectivity index (χ2n) is 2.81. The van der Waals surface area contributed by atoms with E-state index in [1.165, 1.54) is 11.8 Å². The first kappa shape index (κ1) is 11.4. The SMILES string of the molecule is CCc1cc(SC)cc(C(=O)O)c1Cl. The Morgan fingerprint density at radius 2 is 2.21 bits per heavy atom. The Bertz CT molecular complexity index is 363. The van der Waals surface area contributed by atoms with E-state index in [1.807, 2.05) is 19.2 Å². The number of benzene rings is 1. The lowest BCUT2D eigenvalue weighted by molar-refractivity contribution is 0.0696. The van der Waals surface area contributed by atoms with Crippen molar-refractivity contribution in [2.75, 3.05) is 6.26 Å². The van der Waals surface area contributed by atoms with Crippen LogP contribution in [0.15, 0.2) is 17.0 Å². The Morgan fingerprint density at radius 1 is 1.57 bits per heavy atom. The lowest BCUT2D eigenvalue weighted by Gasteiger charge is -2.07. The maximum Gasteiger partial charge on any atom is 0.337 e. The molecule has 0 aliphatic rings. The van der Waals surface area contributed by atoms with Gasteiger partial charge < -0.3 is 5.11 Å². The van der Waals surface area contributed by atoms with Crippen LogP contribution in [0.2, 0.25) is 5.02 Å². The number of carbonyl (C=O) groups is 1. The number of hydrogen-bond acceptors (Lipinski definition) is 2. The highest BCUT2D eigenvalue weighted by molar-refractivity contribution is 7.98. The van der Waals surface area contributed by atoms with Crippen LogP contribution in [0.5, 0.6) is 0 Å². The van der Waals surface area contributed by atoms with E-state index in [0.29, 0.717) is 5.02 Å². The average molecular weight is 231 g/mol. The molecule has 0 bridgehead atoms. The second kappa shape index (κ2) is 4.71. The van der Waals surface area contributed by atoms with E-state index in [4.69, 9.17) is 16.7 Å². The third-order valence-corrected chi connectivity index (χ3v) is 3.12. The Kier molecular flexibility index (Phi) is 3.84. The highest BCUT2D eigenvalue weighted by atomic mass is 35.5. The van der Waals surface area contributed by atoms with Crippen molar-refractivity contribution >= 4 is 29.3 Å². The van der Waals surface area contributed by atoms with Crippen LogP contribution >= 0.6 is 23.4 Å². The number of carboxylic acids is 1. The van der Waals surface area contributed by atoms with Gasteiger partial charge in [-0.25, -0.2) is 4.79 Å². The summed E-state index contributed by atoms with van der Waals surface area (Å²) in [6.45, 7) is 1.96. The molecule has 0 atom stereocenters. The monoisotopic (exact) mass is 230 g/mol. The summed E-state index contributed by atoms with van der Waals surface area (Å²) in [7, 11) is 0. The molecule has 2 nitrogen and oxygen atoms in total. The minimum absolute atomic E-state index is 0.190. The van der Waals surface area contributed by atoms with Crippen molar-refractivity contribution in [3.05, 3.63) is 28.3 Å². The van der Waals surface area contributed by atoms with Gasteiger partial charge in [-0.1, -0.05) is 18.5 Å². The summed E-state index contributed by atoms with van der Waals surface area (Å²) < 4.78 is 0. The Hall–Kier alpha value is -0.670. The number of aryl methyl sites for hydroxylation is 1. The van der Waals surface area contributed by atoms with Gasteiger partial charge in [-0.2, -0.15) is 0 Å². The van der Waals surface area contributed by atoms with Crippen molar-refractivity contribution < 1.29 is 9.90 Å². The van der Waals surface area contributed by atoms with Crippen LogP contribution < -0.4 is 0 Å². The van der Waals surface area contributed by atoms with Gasteiger partial charge in [-0.3, -0.25) is 0 Å². The van der Waals surface area contributed by atoms with Gasteiger partial charge in [0.15, 0.2) is 0 Å². The number of aromatic carboxylic acids is 1. The quantitative estimate of drug-likeness (QED) is 0.810. The van der Waals surface area contributed by atoms with E-state index in [2.05, 4.69) is 0 Å². The number of hydrogen-bond donors (Lipinski definition) is 1. The molecule has 0 aliphatic carbocycles. The van der Waals surface area contributed by atoms with E-state index < -0.39 is 5.97 Å². The third-order valence-electron chi connectivity index (χ3n) is 1.97. The van der Waals surface area contributed by atoms with Crippen molar-refractivity contribution in [3.8, 4) is 0 Å². The van der Waals surface area contributed by atoms with Crippen LogP contribution in [0.4, 0.5) is 0 Å². The van der Waals surface area contributed by atoms with E-state index in [-0.39, 0.29) is 5.56 Å². The van der Waals surface area contributed by atoms with Crippen LogP contribution in [-0.4, -0.2) is 17.3 Å². The molecule has 0 unspecified atom stereocenters. The molecule has 0 spiro atoms. The normalized spacial score (nSPS) is 10.2. The van der Waals surface area contributed by atoms with Gasteiger partial charge in [0.2, 0.25) is 0 Å². The van der Waals surface area contributed by atoms with Crippen molar-refractivity contribution in [2.45, 2.75) is 18.2 Å². The van der Waals surface area contributed by atoms with Crippen LogP contribution in [-0.2, 0) is 6.42 Å². The minimum Gasteiger partial charge on any atom is -0.478 e. The predicted molar refractivity (Wildman–Crippen MR) is 59.6 cm³/mol. The molecule has 0 fully saturated rings. The van der Waals surface area contributed by atoms with Gasteiger partial charge in [-0.05, 0) is 30.4 Å². The molecular weight excluding hydrogens is 220 g/mol. The fourth-order valence-electron chi connectivity index (χ4n) is 1.19. The summed E-state index contributed by atoms with van der Waals surface area (Å²) in [4.78, 5) is 11.8. The lowest BCUT2D eigenvalue weighted by Crippen LogP contribution is -2.00. The molecule has 0 amide bonds. The maximum absolute atomic E-state index is 10.9. The first-order chi connectivity index (χ1) is 6.60. The smallest absolute Gasteiger partial charge is 0.337 e. The number of halogens is 1. The zero-order chi connectivity index (χ0) is 10.7. The predicted octanol–water partition coefficient (Wildman–Crippen LogP) is 3.32. The Morgan fingerprint density at radius 3 is 2.64 bits per heavy atom. The summed E-state index contributed by atoms with van der Waals surface area (Å²) in [5.74, 6) is -0.972. The summed E-state index contributed by atoms with van der Waals surface area (Å²) in [6, 6.07) is 3.54. The van der Waals surface area contributed by atoms with Crippen molar-refractivity contribution in [1.29, 1.82) is 0 Å². The average Bonchev–Trinajstić information content (AvgIpc) is 2.17. The summed E-state index contributed by atoms with van der Waals surface area (Å²) >= 11 is 7.46. The van der Waals surface area contributed by atoms with Gasteiger partial charge in [0.05, 0.1) is 10.6 Å². The lowest BCUT2D eigenvalue weighted by atomic mass is 10.1. The van der Waals surface area contributed by atoms with Crippen LogP contribution in [0.3, 0.4) is 0 Å². The van der Waals surface area contributed by atoms with Crippen LogP contribution in [0.1, 0.15) is 22.8 Å². The van der Waals surface area contributed by atoms with Crippen molar-refractivity contribution in [3.63, 3.8) is 0 Å². The van der Waals surface area contributed by atoms with Gasteiger partial charge in [0, 0.05) is 4.90 Å². The van der Waals surface area contributed by atoms with Crippen LogP contribution in [0, 0.1) is 0 Å². The van der Waals surface area contributed by atoms with Gasteiger partial charge in [0.1, 0.15) is 0 Å². The van der Waals surface area contributed by atoms with E-state index in [0.717, 1.165) is 16.9 Å². The third kappa shape index (κ3) is 2.22. The van der Waals surface area contributed by atoms with Crippen molar-refractivity contribution in [2.24, 2.45) is 0 Å². The second-order valence-corrected chi connectivity index (χ2v) is 4.06. The highest BCUT2D eigenvalue weighted by Gasteiger charge is 2.13. The Balaban J connectivity index is 3.34. The molecule has 0 heterocycles. The minimum atomic E-state index is -0.972. The van der Waals surface area contributed by atoms with Gasteiger partial charge in [0.25, 0.3) is 0 Å². The largest absolute Gasteiger partial charge is 0.478 e. The molecule has 14 heavy (non-hydrogen) atoms. The highest BCUT2D eigenvalue weighted by Crippen LogP contribution is 2.27. The number of carboxylic acid groups (broad SMARTS) is 1. The Labute approximate surface area is 92.3 Å². The van der Waals surface area contributed by atoms with Crippen LogP contribution in [0.25, 0.3) is 0 Å². The summed E-state index contributed by atoms with van der Waals surface area (Å²) in [5.41, 5.74) is 1.08.